The van der Waals surface area contributed by atoms with Crippen LogP contribution in [-0.2, 0) is 4.79 Å². The Morgan fingerprint density at radius 1 is 1.29 bits per heavy atom. The van der Waals surface area contributed by atoms with E-state index in [0.29, 0.717) is 18.5 Å². The molecule has 24 heavy (non-hydrogen) atoms. The van der Waals surface area contributed by atoms with Gasteiger partial charge in [-0.2, -0.15) is 13.2 Å². The highest BCUT2D eigenvalue weighted by Gasteiger charge is 2.41. The Morgan fingerprint density at radius 3 is 2.50 bits per heavy atom. The number of carbonyl (C=O) groups excluding carboxylic acids is 1. The first kappa shape index (κ1) is 18.8. The lowest BCUT2D eigenvalue weighted by Gasteiger charge is -2.22. The van der Waals surface area contributed by atoms with Crippen molar-refractivity contribution in [1.82, 2.24) is 10.2 Å². The molecule has 0 spiro atoms. The van der Waals surface area contributed by atoms with Crippen LogP contribution < -0.4 is 5.32 Å². The van der Waals surface area contributed by atoms with Gasteiger partial charge in [-0.05, 0) is 38.3 Å². The molecule has 6 heteroatoms. The molecule has 1 aliphatic heterocycles. The van der Waals surface area contributed by atoms with E-state index in [9.17, 15) is 18.0 Å². The maximum Gasteiger partial charge on any atom is 0.396 e. The summed E-state index contributed by atoms with van der Waals surface area (Å²) in [6.45, 7) is 6.55. The van der Waals surface area contributed by atoms with E-state index in [1.54, 1.807) is 18.2 Å². The summed E-state index contributed by atoms with van der Waals surface area (Å²) in [6.07, 6.45) is -4.02. The van der Waals surface area contributed by atoms with Gasteiger partial charge >= 0.3 is 6.18 Å². The third-order valence-corrected chi connectivity index (χ3v) is 4.62. The van der Waals surface area contributed by atoms with Crippen LogP contribution in [-0.4, -0.2) is 42.7 Å². The van der Waals surface area contributed by atoms with Gasteiger partial charge in [0, 0.05) is 25.6 Å². The van der Waals surface area contributed by atoms with Gasteiger partial charge in [0.05, 0.1) is 5.92 Å². The maximum atomic E-state index is 13.3. The molecule has 0 saturated carbocycles. The summed E-state index contributed by atoms with van der Waals surface area (Å²) in [5.74, 6) is -1.98. The lowest BCUT2D eigenvalue weighted by molar-refractivity contribution is -0.157. The van der Waals surface area contributed by atoms with Gasteiger partial charge in [0.1, 0.15) is 0 Å². The zero-order chi connectivity index (χ0) is 17.7. The van der Waals surface area contributed by atoms with Gasteiger partial charge in [-0.15, -0.1) is 0 Å². The standard InChI is InChI=1S/C18H25F3N2O/c1-13(2)23-9-8-14(12-23)11-22-17(24)10-16(18(19,20)21)15-6-4-3-5-7-15/h3-7,13-14,16H,8-12H2,1-2H3,(H,22,24)/t14-,16+/m1/s1. The van der Waals surface area contributed by atoms with Crippen molar-refractivity contribution in [1.29, 1.82) is 0 Å². The van der Waals surface area contributed by atoms with Crippen LogP contribution in [0.3, 0.4) is 0 Å². The van der Waals surface area contributed by atoms with Gasteiger partial charge in [-0.1, -0.05) is 30.3 Å². The average Bonchev–Trinajstić information content (AvgIpc) is 2.99. The quantitative estimate of drug-likeness (QED) is 0.857. The molecular formula is C18H25F3N2O. The van der Waals surface area contributed by atoms with E-state index in [1.807, 2.05) is 0 Å². The van der Waals surface area contributed by atoms with E-state index in [0.717, 1.165) is 19.5 Å². The predicted octanol–water partition coefficient (Wildman–Crippen LogP) is 3.57. The Bertz CT molecular complexity index is 531. The Hall–Kier alpha value is -1.56. The zero-order valence-corrected chi connectivity index (χ0v) is 14.1. The fourth-order valence-corrected chi connectivity index (χ4v) is 3.12. The molecule has 1 fully saturated rings. The molecule has 1 aliphatic rings. The van der Waals surface area contributed by atoms with Crippen LogP contribution >= 0.6 is 0 Å². The van der Waals surface area contributed by atoms with Crippen LogP contribution in [0.5, 0.6) is 0 Å². The molecule has 0 aromatic heterocycles. The van der Waals surface area contributed by atoms with E-state index in [1.165, 1.54) is 12.1 Å². The van der Waals surface area contributed by atoms with E-state index < -0.39 is 24.4 Å². The topological polar surface area (TPSA) is 32.3 Å². The van der Waals surface area contributed by atoms with Crippen molar-refractivity contribution in [3.8, 4) is 0 Å². The second-order valence-corrected chi connectivity index (χ2v) is 6.76. The highest BCUT2D eigenvalue weighted by molar-refractivity contribution is 5.77. The van der Waals surface area contributed by atoms with Crippen molar-refractivity contribution in [3.05, 3.63) is 35.9 Å². The van der Waals surface area contributed by atoms with E-state index in [2.05, 4.69) is 24.1 Å². The minimum Gasteiger partial charge on any atom is -0.356 e. The van der Waals surface area contributed by atoms with Crippen molar-refractivity contribution in [2.45, 2.75) is 44.8 Å². The van der Waals surface area contributed by atoms with Crippen molar-refractivity contribution < 1.29 is 18.0 Å². The Labute approximate surface area is 141 Å². The van der Waals surface area contributed by atoms with Crippen molar-refractivity contribution >= 4 is 5.91 Å². The first-order chi connectivity index (χ1) is 11.3. The van der Waals surface area contributed by atoms with E-state index in [4.69, 9.17) is 0 Å². The minimum absolute atomic E-state index is 0.131. The molecule has 0 unspecified atom stereocenters. The molecule has 1 saturated heterocycles. The lowest BCUT2D eigenvalue weighted by atomic mass is 9.94. The summed E-state index contributed by atoms with van der Waals surface area (Å²) < 4.78 is 39.8. The molecule has 2 rings (SSSR count). The monoisotopic (exact) mass is 342 g/mol. The molecule has 1 heterocycles. The number of amides is 1. The number of hydrogen-bond donors (Lipinski definition) is 1. The number of hydrogen-bond acceptors (Lipinski definition) is 2. The molecule has 134 valence electrons. The van der Waals surface area contributed by atoms with Crippen molar-refractivity contribution in [2.24, 2.45) is 5.92 Å². The number of rotatable bonds is 6. The fourth-order valence-electron chi connectivity index (χ4n) is 3.12. The van der Waals surface area contributed by atoms with E-state index >= 15 is 0 Å². The van der Waals surface area contributed by atoms with Crippen molar-refractivity contribution in [3.63, 3.8) is 0 Å². The number of halogens is 3. The number of nitrogens with zero attached hydrogens (tertiary/aromatic N) is 1. The van der Waals surface area contributed by atoms with E-state index in [-0.39, 0.29) is 5.56 Å². The Balaban J connectivity index is 1.88. The predicted molar refractivity (Wildman–Crippen MR) is 87.7 cm³/mol. The average molecular weight is 342 g/mol. The molecule has 3 nitrogen and oxygen atoms in total. The highest BCUT2D eigenvalue weighted by Crippen LogP contribution is 2.37. The Morgan fingerprint density at radius 2 is 1.96 bits per heavy atom. The number of carbonyl (C=O) groups is 1. The third kappa shape index (κ3) is 5.23. The summed E-state index contributed by atoms with van der Waals surface area (Å²) in [5.41, 5.74) is 0.131. The minimum atomic E-state index is -4.43. The summed E-state index contributed by atoms with van der Waals surface area (Å²) in [7, 11) is 0. The Kier molecular flexibility index (Phi) is 6.27. The number of benzene rings is 1. The van der Waals surface area contributed by atoms with Crippen LogP contribution in [0.15, 0.2) is 30.3 Å². The molecule has 0 aliphatic carbocycles. The zero-order valence-electron chi connectivity index (χ0n) is 14.1. The molecule has 1 N–H and O–H groups in total. The summed E-state index contributed by atoms with van der Waals surface area (Å²) in [6, 6.07) is 8.08. The first-order valence-electron chi connectivity index (χ1n) is 8.39. The van der Waals surface area contributed by atoms with Crippen LogP contribution in [0.4, 0.5) is 13.2 Å². The number of likely N-dealkylation sites (tertiary alicyclic amines) is 1. The van der Waals surface area contributed by atoms with Gasteiger partial charge < -0.3 is 10.2 Å². The lowest BCUT2D eigenvalue weighted by Crippen LogP contribution is -2.35. The molecule has 1 amide bonds. The normalized spacial score (nSPS) is 20.3. The molecule has 2 atom stereocenters. The van der Waals surface area contributed by atoms with Gasteiger partial charge in [0.2, 0.25) is 5.91 Å². The largest absolute Gasteiger partial charge is 0.396 e. The SMILES string of the molecule is CC(C)N1CC[C@H](CNC(=O)C[C@@H](c2ccccc2)C(F)(F)F)C1. The molecular weight excluding hydrogens is 317 g/mol. The smallest absolute Gasteiger partial charge is 0.356 e. The third-order valence-electron chi connectivity index (χ3n) is 4.62. The van der Waals surface area contributed by atoms with Crippen LogP contribution in [0.1, 0.15) is 38.2 Å². The van der Waals surface area contributed by atoms with Crippen LogP contribution in [0.2, 0.25) is 0 Å². The highest BCUT2D eigenvalue weighted by atomic mass is 19.4. The fraction of sp³-hybridized carbons (Fsp3) is 0.611. The number of nitrogens with one attached hydrogen (secondary N) is 1. The molecule has 0 bridgehead atoms. The van der Waals surface area contributed by atoms with Gasteiger partial charge in [0.15, 0.2) is 0 Å². The second-order valence-electron chi connectivity index (χ2n) is 6.76. The van der Waals surface area contributed by atoms with Gasteiger partial charge in [-0.25, -0.2) is 0 Å². The number of alkyl halides is 3. The maximum absolute atomic E-state index is 13.3. The van der Waals surface area contributed by atoms with Gasteiger partial charge in [-0.3, -0.25) is 4.79 Å². The molecule has 1 aromatic rings. The molecule has 0 radical (unpaired) electrons. The first-order valence-corrected chi connectivity index (χ1v) is 8.39. The van der Waals surface area contributed by atoms with Crippen LogP contribution in [0.25, 0.3) is 0 Å². The summed E-state index contributed by atoms with van der Waals surface area (Å²) in [4.78, 5) is 14.3. The van der Waals surface area contributed by atoms with Crippen LogP contribution in [0, 0.1) is 5.92 Å². The molecule has 1 aromatic carbocycles. The summed E-state index contributed by atoms with van der Waals surface area (Å²) in [5, 5.41) is 2.69. The second kappa shape index (κ2) is 8.01. The van der Waals surface area contributed by atoms with Crippen molar-refractivity contribution in [2.75, 3.05) is 19.6 Å². The summed E-state index contributed by atoms with van der Waals surface area (Å²) >= 11 is 0. The van der Waals surface area contributed by atoms with Gasteiger partial charge in [0.25, 0.3) is 0 Å².